The van der Waals surface area contributed by atoms with Crippen molar-refractivity contribution in [2.45, 2.75) is 19.4 Å². The van der Waals surface area contributed by atoms with E-state index < -0.39 is 11.9 Å². The van der Waals surface area contributed by atoms with Gasteiger partial charge in [0.1, 0.15) is 12.1 Å². The van der Waals surface area contributed by atoms with Gasteiger partial charge in [-0.05, 0) is 67.3 Å². The molecule has 0 unspecified atom stereocenters. The fourth-order valence-corrected chi connectivity index (χ4v) is 3.43. The van der Waals surface area contributed by atoms with Crippen LogP contribution >= 0.6 is 11.6 Å². The van der Waals surface area contributed by atoms with Gasteiger partial charge in [-0.25, -0.2) is 14.8 Å². The van der Waals surface area contributed by atoms with Gasteiger partial charge in [0.15, 0.2) is 11.2 Å². The number of fused-ring (bicyclic) bond motifs is 1. The van der Waals surface area contributed by atoms with Gasteiger partial charge >= 0.3 is 6.03 Å². The molecular formula is C23H19ClN6O3. The maximum absolute atomic E-state index is 12.1. The topological polar surface area (TPSA) is 111 Å². The Morgan fingerprint density at radius 3 is 2.52 bits per heavy atom. The number of nitrogens with one attached hydrogen (secondary N) is 2. The van der Waals surface area contributed by atoms with E-state index in [-0.39, 0.29) is 0 Å². The molecule has 0 radical (unpaired) electrons. The Hall–Kier alpha value is -3.98. The maximum Gasteiger partial charge on any atom is 0.326 e. The van der Waals surface area contributed by atoms with E-state index >= 15 is 0 Å². The SMILES string of the molecule is O=C(NC(=O)c1ccc(Cl)cc1)Nc1ccc(Oc2ncnc3c2ncn3CC2CC2)cc1. The average molecular weight is 463 g/mol. The number of hydrogen-bond donors (Lipinski definition) is 2. The van der Waals surface area contributed by atoms with Gasteiger partial charge in [-0.3, -0.25) is 10.1 Å². The summed E-state index contributed by atoms with van der Waals surface area (Å²) in [6.07, 6.45) is 5.70. The number of urea groups is 1. The lowest BCUT2D eigenvalue weighted by molar-refractivity contribution is 0.0967. The fourth-order valence-electron chi connectivity index (χ4n) is 3.30. The van der Waals surface area contributed by atoms with Crippen molar-refractivity contribution in [3.05, 3.63) is 71.8 Å². The number of imidazole rings is 1. The normalized spacial score (nSPS) is 13.0. The van der Waals surface area contributed by atoms with Crippen molar-refractivity contribution in [3.8, 4) is 11.6 Å². The third-order valence-electron chi connectivity index (χ3n) is 5.18. The molecule has 2 aromatic carbocycles. The minimum Gasteiger partial charge on any atom is -0.437 e. The fraction of sp³-hybridized carbons (Fsp3) is 0.174. The Morgan fingerprint density at radius 2 is 1.79 bits per heavy atom. The van der Waals surface area contributed by atoms with Crippen molar-refractivity contribution >= 4 is 40.4 Å². The summed E-state index contributed by atoms with van der Waals surface area (Å²) in [6, 6.07) is 12.3. The third kappa shape index (κ3) is 4.93. The lowest BCUT2D eigenvalue weighted by Gasteiger charge is -2.09. The summed E-state index contributed by atoms with van der Waals surface area (Å²) in [6.45, 7) is 0.899. The van der Waals surface area contributed by atoms with Crippen LogP contribution in [0.15, 0.2) is 61.2 Å². The Morgan fingerprint density at radius 1 is 1.03 bits per heavy atom. The van der Waals surface area contributed by atoms with Gasteiger partial charge in [0.25, 0.3) is 11.8 Å². The van der Waals surface area contributed by atoms with Gasteiger partial charge in [-0.1, -0.05) is 11.6 Å². The number of ether oxygens (including phenoxy) is 1. The van der Waals surface area contributed by atoms with E-state index in [0.717, 1.165) is 12.2 Å². The second-order valence-corrected chi connectivity index (χ2v) is 8.17. The van der Waals surface area contributed by atoms with Crippen LogP contribution < -0.4 is 15.4 Å². The lowest BCUT2D eigenvalue weighted by Crippen LogP contribution is -2.34. The van der Waals surface area contributed by atoms with Crippen molar-refractivity contribution in [2.24, 2.45) is 5.92 Å². The Bertz CT molecular complexity index is 1320. The van der Waals surface area contributed by atoms with E-state index in [4.69, 9.17) is 16.3 Å². The molecule has 33 heavy (non-hydrogen) atoms. The summed E-state index contributed by atoms with van der Waals surface area (Å²) in [5.41, 5.74) is 2.16. The number of imide groups is 1. The van der Waals surface area contributed by atoms with E-state index in [1.807, 2.05) is 4.57 Å². The highest BCUT2D eigenvalue weighted by atomic mass is 35.5. The van der Waals surface area contributed by atoms with Crippen LogP contribution in [0, 0.1) is 5.92 Å². The molecule has 166 valence electrons. The Balaban J connectivity index is 1.22. The largest absolute Gasteiger partial charge is 0.437 e. The van der Waals surface area contributed by atoms with Crippen molar-refractivity contribution in [2.75, 3.05) is 5.32 Å². The average Bonchev–Trinajstić information content (AvgIpc) is 3.53. The number of hydrogen-bond acceptors (Lipinski definition) is 6. The Labute approximate surface area is 193 Å². The minimum absolute atomic E-state index is 0.328. The number of rotatable bonds is 6. The van der Waals surface area contributed by atoms with Gasteiger partial charge in [-0.2, -0.15) is 4.98 Å². The smallest absolute Gasteiger partial charge is 0.326 e. The third-order valence-corrected chi connectivity index (χ3v) is 5.43. The molecule has 10 heteroatoms. The molecule has 5 rings (SSSR count). The summed E-state index contributed by atoms with van der Waals surface area (Å²) in [7, 11) is 0. The van der Waals surface area contributed by atoms with Gasteiger partial charge in [0, 0.05) is 22.8 Å². The summed E-state index contributed by atoms with van der Waals surface area (Å²) in [5, 5.41) is 5.38. The van der Waals surface area contributed by atoms with Crippen molar-refractivity contribution in [3.63, 3.8) is 0 Å². The maximum atomic E-state index is 12.1. The number of anilines is 1. The van der Waals surface area contributed by atoms with Crippen molar-refractivity contribution < 1.29 is 14.3 Å². The molecule has 4 aromatic rings. The Kier molecular flexibility index (Phi) is 5.62. The molecule has 0 atom stereocenters. The number of benzene rings is 2. The van der Waals surface area contributed by atoms with E-state index in [1.165, 1.54) is 31.3 Å². The molecule has 9 nitrogen and oxygen atoms in total. The number of halogens is 1. The quantitative estimate of drug-likeness (QED) is 0.431. The highest BCUT2D eigenvalue weighted by Crippen LogP contribution is 2.32. The zero-order valence-corrected chi connectivity index (χ0v) is 18.1. The standard InChI is InChI=1S/C23H19ClN6O3/c24-16-5-3-15(4-6-16)21(31)29-23(32)28-17-7-9-18(10-8-17)33-22-19-20(25-12-26-22)30(13-27-19)11-14-1-2-14/h3-10,12-14H,1-2,11H2,(H2,28,29,31,32). The predicted octanol–water partition coefficient (Wildman–Crippen LogP) is 4.64. The first-order chi connectivity index (χ1) is 16.0. The van der Waals surface area contributed by atoms with Crippen molar-refractivity contribution in [1.29, 1.82) is 0 Å². The molecule has 1 aliphatic carbocycles. The zero-order valence-electron chi connectivity index (χ0n) is 17.4. The van der Waals surface area contributed by atoms with Gasteiger partial charge in [-0.15, -0.1) is 0 Å². The molecule has 2 N–H and O–H groups in total. The predicted molar refractivity (Wildman–Crippen MR) is 122 cm³/mol. The molecule has 1 saturated carbocycles. The summed E-state index contributed by atoms with van der Waals surface area (Å²) in [5.74, 6) is 1.05. The van der Waals surface area contributed by atoms with Gasteiger partial charge in [0.05, 0.1) is 6.33 Å². The molecule has 0 aliphatic heterocycles. The number of carbonyl (C=O) groups excluding carboxylic acids is 2. The van der Waals surface area contributed by atoms with Crippen LogP contribution in [0.25, 0.3) is 11.2 Å². The van der Waals surface area contributed by atoms with Crippen LogP contribution in [0.4, 0.5) is 10.5 Å². The molecule has 0 bridgehead atoms. The molecule has 3 amide bonds. The first kappa shape index (κ1) is 20.9. The van der Waals surface area contributed by atoms with Crippen LogP contribution in [0.1, 0.15) is 23.2 Å². The number of nitrogens with zero attached hydrogens (tertiary/aromatic N) is 4. The molecule has 1 aliphatic rings. The first-order valence-electron chi connectivity index (χ1n) is 10.4. The molecule has 2 heterocycles. The van der Waals surface area contributed by atoms with E-state index in [0.29, 0.717) is 39.3 Å². The summed E-state index contributed by atoms with van der Waals surface area (Å²) in [4.78, 5) is 37.2. The van der Waals surface area contributed by atoms with Crippen LogP contribution in [-0.2, 0) is 6.54 Å². The first-order valence-corrected chi connectivity index (χ1v) is 10.7. The van der Waals surface area contributed by atoms with Gasteiger partial charge in [0.2, 0.25) is 0 Å². The van der Waals surface area contributed by atoms with Gasteiger partial charge < -0.3 is 14.6 Å². The minimum atomic E-state index is -0.651. The van der Waals surface area contributed by atoms with Crippen LogP contribution in [0.2, 0.25) is 5.02 Å². The highest BCUT2D eigenvalue weighted by Gasteiger charge is 2.23. The van der Waals surface area contributed by atoms with E-state index in [2.05, 4.69) is 25.6 Å². The van der Waals surface area contributed by atoms with Crippen LogP contribution in [0.3, 0.4) is 0 Å². The lowest BCUT2D eigenvalue weighted by atomic mass is 10.2. The zero-order chi connectivity index (χ0) is 22.8. The molecule has 2 aromatic heterocycles. The highest BCUT2D eigenvalue weighted by molar-refractivity contribution is 6.30. The van der Waals surface area contributed by atoms with Crippen LogP contribution in [0.5, 0.6) is 11.6 Å². The second-order valence-electron chi connectivity index (χ2n) is 7.73. The van der Waals surface area contributed by atoms with E-state index in [9.17, 15) is 9.59 Å². The summed E-state index contributed by atoms with van der Waals surface area (Å²) < 4.78 is 7.92. The van der Waals surface area contributed by atoms with Crippen molar-refractivity contribution in [1.82, 2.24) is 24.8 Å². The number of aromatic nitrogens is 4. The molecule has 1 fully saturated rings. The summed E-state index contributed by atoms with van der Waals surface area (Å²) >= 11 is 5.81. The second kappa shape index (κ2) is 8.87. The monoisotopic (exact) mass is 462 g/mol. The number of amides is 3. The van der Waals surface area contributed by atoms with Crippen LogP contribution in [-0.4, -0.2) is 31.5 Å². The molecule has 0 spiro atoms. The van der Waals surface area contributed by atoms with E-state index in [1.54, 1.807) is 42.7 Å². The number of carbonyl (C=O) groups is 2. The molecular weight excluding hydrogens is 444 g/mol. The molecule has 0 saturated heterocycles.